The smallest absolute Gasteiger partial charge is 0.239 e. The SMILES string of the molecule is Cc1c(C#N)c(NC(=O)CN2C[C@H](C)C[C@@H](C)C2)n(Cc2ccccc2)c1C. The molecule has 1 aliphatic rings. The van der Waals surface area contributed by atoms with Crippen LogP contribution in [0.4, 0.5) is 5.82 Å². The van der Waals surface area contributed by atoms with Gasteiger partial charge in [0.25, 0.3) is 0 Å². The van der Waals surface area contributed by atoms with Crippen LogP contribution in [0.3, 0.4) is 0 Å². The Kier molecular flexibility index (Phi) is 6.21. The van der Waals surface area contributed by atoms with Crippen molar-refractivity contribution in [2.45, 2.75) is 40.7 Å². The Labute approximate surface area is 168 Å². The van der Waals surface area contributed by atoms with Gasteiger partial charge in [0.05, 0.1) is 12.1 Å². The molecular formula is C23H30N4O. The molecule has 2 atom stereocenters. The first-order valence-electron chi connectivity index (χ1n) is 10.0. The Balaban J connectivity index is 1.81. The molecule has 2 aromatic rings. The molecule has 1 aliphatic heterocycles. The Morgan fingerprint density at radius 1 is 1.18 bits per heavy atom. The molecule has 1 aromatic carbocycles. The quantitative estimate of drug-likeness (QED) is 0.857. The lowest BCUT2D eigenvalue weighted by molar-refractivity contribution is -0.117. The molecule has 1 fully saturated rings. The maximum atomic E-state index is 12.8. The molecule has 0 radical (unpaired) electrons. The molecule has 2 heterocycles. The van der Waals surface area contributed by atoms with E-state index >= 15 is 0 Å². The van der Waals surface area contributed by atoms with Crippen LogP contribution < -0.4 is 5.32 Å². The summed E-state index contributed by atoms with van der Waals surface area (Å²) in [5.74, 6) is 1.78. The number of anilines is 1. The highest BCUT2D eigenvalue weighted by atomic mass is 16.2. The second-order valence-corrected chi connectivity index (χ2v) is 8.31. The first kappa shape index (κ1) is 20.2. The standard InChI is InChI=1S/C23H30N4O/c1-16-10-17(2)13-26(12-16)15-22(28)25-23-21(11-24)18(3)19(4)27(23)14-20-8-6-5-7-9-20/h5-9,16-17H,10,12-15H2,1-4H3,(H,25,28)/t16-,17-/m1/s1. The van der Waals surface area contributed by atoms with E-state index in [4.69, 9.17) is 0 Å². The molecule has 1 N–H and O–H groups in total. The number of carbonyl (C=O) groups is 1. The van der Waals surface area contributed by atoms with Gasteiger partial charge in [-0.2, -0.15) is 5.26 Å². The molecule has 0 bridgehead atoms. The second kappa shape index (κ2) is 8.62. The van der Waals surface area contributed by atoms with Crippen molar-refractivity contribution in [1.29, 1.82) is 5.26 Å². The highest BCUT2D eigenvalue weighted by Crippen LogP contribution is 2.27. The van der Waals surface area contributed by atoms with Gasteiger partial charge in [-0.15, -0.1) is 0 Å². The van der Waals surface area contributed by atoms with Crippen LogP contribution >= 0.6 is 0 Å². The molecule has 1 aromatic heterocycles. The molecular weight excluding hydrogens is 348 g/mol. The number of nitriles is 1. The number of carbonyl (C=O) groups excluding carboxylic acids is 1. The van der Waals surface area contributed by atoms with Gasteiger partial charge in [-0.1, -0.05) is 44.2 Å². The fourth-order valence-corrected chi connectivity index (χ4v) is 4.39. The third-order valence-corrected chi connectivity index (χ3v) is 5.69. The van der Waals surface area contributed by atoms with E-state index in [1.807, 2.05) is 36.6 Å². The van der Waals surface area contributed by atoms with Crippen LogP contribution in [0.25, 0.3) is 0 Å². The highest BCUT2D eigenvalue weighted by molar-refractivity contribution is 5.93. The van der Waals surface area contributed by atoms with E-state index in [0.29, 0.717) is 36.3 Å². The molecule has 0 spiro atoms. The predicted octanol–water partition coefficient (Wildman–Crippen LogP) is 3.94. The van der Waals surface area contributed by atoms with Crippen LogP contribution in [-0.4, -0.2) is 35.0 Å². The van der Waals surface area contributed by atoms with Gasteiger partial charge in [-0.25, -0.2) is 0 Å². The Hall–Kier alpha value is -2.58. The fraction of sp³-hybridized carbons (Fsp3) is 0.478. The van der Waals surface area contributed by atoms with Crippen molar-refractivity contribution in [2.24, 2.45) is 11.8 Å². The number of piperidine rings is 1. The number of nitrogens with zero attached hydrogens (tertiary/aromatic N) is 3. The van der Waals surface area contributed by atoms with Crippen molar-refractivity contribution >= 4 is 11.7 Å². The Bertz CT molecular complexity index is 868. The third kappa shape index (κ3) is 4.45. The molecule has 0 saturated carbocycles. The summed E-state index contributed by atoms with van der Waals surface area (Å²) in [6.07, 6.45) is 1.22. The van der Waals surface area contributed by atoms with Gasteiger partial charge in [0.15, 0.2) is 0 Å². The van der Waals surface area contributed by atoms with Crippen molar-refractivity contribution in [1.82, 2.24) is 9.47 Å². The van der Waals surface area contributed by atoms with Crippen LogP contribution in [0.15, 0.2) is 30.3 Å². The molecule has 0 unspecified atom stereocenters. The van der Waals surface area contributed by atoms with E-state index in [2.05, 4.69) is 42.3 Å². The van der Waals surface area contributed by atoms with Crippen LogP contribution in [0.2, 0.25) is 0 Å². The Morgan fingerprint density at radius 3 is 2.43 bits per heavy atom. The summed E-state index contributed by atoms with van der Waals surface area (Å²) < 4.78 is 2.04. The molecule has 5 nitrogen and oxygen atoms in total. The number of amides is 1. The molecule has 3 rings (SSSR count). The van der Waals surface area contributed by atoms with Gasteiger partial charge in [0.1, 0.15) is 11.9 Å². The van der Waals surface area contributed by atoms with E-state index in [1.165, 1.54) is 6.42 Å². The number of hydrogen-bond donors (Lipinski definition) is 1. The monoisotopic (exact) mass is 378 g/mol. The fourth-order valence-electron chi connectivity index (χ4n) is 4.39. The summed E-state index contributed by atoms with van der Waals surface area (Å²) in [4.78, 5) is 15.0. The highest BCUT2D eigenvalue weighted by Gasteiger charge is 2.25. The average Bonchev–Trinajstić information content (AvgIpc) is 2.85. The zero-order chi connectivity index (χ0) is 20.3. The maximum absolute atomic E-state index is 12.8. The molecule has 1 saturated heterocycles. The normalized spacial score (nSPS) is 20.0. The van der Waals surface area contributed by atoms with Crippen molar-refractivity contribution in [3.8, 4) is 6.07 Å². The second-order valence-electron chi connectivity index (χ2n) is 8.31. The summed E-state index contributed by atoms with van der Waals surface area (Å²) in [5, 5.41) is 12.7. The summed E-state index contributed by atoms with van der Waals surface area (Å²) in [7, 11) is 0. The van der Waals surface area contributed by atoms with Crippen LogP contribution in [0.1, 0.15) is 42.7 Å². The summed E-state index contributed by atoms with van der Waals surface area (Å²) in [6, 6.07) is 12.4. The number of benzene rings is 1. The summed E-state index contributed by atoms with van der Waals surface area (Å²) in [6.45, 7) is 11.3. The molecule has 148 valence electrons. The van der Waals surface area contributed by atoms with Crippen LogP contribution in [-0.2, 0) is 11.3 Å². The van der Waals surface area contributed by atoms with Gasteiger partial charge < -0.3 is 9.88 Å². The average molecular weight is 379 g/mol. The van der Waals surface area contributed by atoms with E-state index in [9.17, 15) is 10.1 Å². The minimum absolute atomic E-state index is 0.0513. The number of rotatable bonds is 5. The van der Waals surface area contributed by atoms with Crippen molar-refractivity contribution < 1.29 is 4.79 Å². The number of nitrogens with one attached hydrogen (secondary N) is 1. The van der Waals surface area contributed by atoms with Crippen molar-refractivity contribution in [3.05, 3.63) is 52.7 Å². The number of hydrogen-bond acceptors (Lipinski definition) is 3. The van der Waals surface area contributed by atoms with E-state index in [1.54, 1.807) is 0 Å². The van der Waals surface area contributed by atoms with Gasteiger partial charge >= 0.3 is 0 Å². The Morgan fingerprint density at radius 2 is 1.82 bits per heavy atom. The minimum Gasteiger partial charge on any atom is -0.326 e. The lowest BCUT2D eigenvalue weighted by Crippen LogP contribution is -2.43. The largest absolute Gasteiger partial charge is 0.326 e. The van der Waals surface area contributed by atoms with Crippen LogP contribution in [0, 0.1) is 37.0 Å². The first-order chi connectivity index (χ1) is 13.4. The van der Waals surface area contributed by atoms with Gasteiger partial charge in [-0.3, -0.25) is 9.69 Å². The summed E-state index contributed by atoms with van der Waals surface area (Å²) in [5.41, 5.74) is 3.63. The lowest BCUT2D eigenvalue weighted by Gasteiger charge is -2.34. The minimum atomic E-state index is -0.0513. The van der Waals surface area contributed by atoms with Crippen LogP contribution in [0.5, 0.6) is 0 Å². The van der Waals surface area contributed by atoms with Crippen molar-refractivity contribution in [2.75, 3.05) is 25.0 Å². The van der Waals surface area contributed by atoms with Gasteiger partial charge in [-0.05, 0) is 43.2 Å². The molecule has 5 heteroatoms. The maximum Gasteiger partial charge on any atom is 0.239 e. The van der Waals surface area contributed by atoms with Crippen molar-refractivity contribution in [3.63, 3.8) is 0 Å². The predicted molar refractivity (Wildman–Crippen MR) is 112 cm³/mol. The van der Waals surface area contributed by atoms with E-state index < -0.39 is 0 Å². The lowest BCUT2D eigenvalue weighted by atomic mass is 9.92. The summed E-state index contributed by atoms with van der Waals surface area (Å²) >= 11 is 0. The number of aromatic nitrogens is 1. The zero-order valence-corrected chi connectivity index (χ0v) is 17.3. The molecule has 28 heavy (non-hydrogen) atoms. The van der Waals surface area contributed by atoms with Gasteiger partial charge in [0.2, 0.25) is 5.91 Å². The molecule has 1 amide bonds. The molecule has 0 aliphatic carbocycles. The van der Waals surface area contributed by atoms with E-state index in [0.717, 1.165) is 29.9 Å². The third-order valence-electron chi connectivity index (χ3n) is 5.69. The zero-order valence-electron chi connectivity index (χ0n) is 17.3. The van der Waals surface area contributed by atoms with Gasteiger partial charge in [0, 0.05) is 25.3 Å². The number of likely N-dealkylation sites (tertiary alicyclic amines) is 1. The topological polar surface area (TPSA) is 61.1 Å². The first-order valence-corrected chi connectivity index (χ1v) is 10.0. The van der Waals surface area contributed by atoms with E-state index in [-0.39, 0.29) is 5.91 Å².